The molecule has 1 amide bonds. The van der Waals surface area contributed by atoms with E-state index in [1.165, 1.54) is 17.9 Å². The summed E-state index contributed by atoms with van der Waals surface area (Å²) in [4.78, 5) is 35.6. The van der Waals surface area contributed by atoms with Crippen molar-refractivity contribution in [2.24, 2.45) is 0 Å². The van der Waals surface area contributed by atoms with Gasteiger partial charge in [-0.15, -0.1) is 0 Å². The molecule has 0 fully saturated rings. The number of methoxy groups -OCH3 is 1. The number of amides is 1. The summed E-state index contributed by atoms with van der Waals surface area (Å²) in [5.74, 6) is -0.975. The smallest absolute Gasteiger partial charge is 0.419 e. The Morgan fingerprint density at radius 2 is 1.92 bits per heavy atom. The fourth-order valence-electron chi connectivity index (χ4n) is 2.25. The number of esters is 1. The molecule has 0 aliphatic heterocycles. The standard InChI is InChI=1S/C18H28N2O6/c1-13-12-25-16(23)20(13)11-9-7-8-10-18(5,14(21)24-6)19-15(22)26-17(2,3)4/h7-8,12H,9-11H2,1-6H3,(H,19,22). The minimum atomic E-state index is -1.25. The fourth-order valence-corrected chi connectivity index (χ4v) is 2.25. The zero-order valence-electron chi connectivity index (χ0n) is 16.3. The quantitative estimate of drug-likeness (QED) is 0.586. The maximum atomic E-state index is 12.1. The first-order chi connectivity index (χ1) is 12.0. The Balaban J connectivity index is 2.67. The van der Waals surface area contributed by atoms with Crippen molar-refractivity contribution in [3.8, 4) is 0 Å². The van der Waals surface area contributed by atoms with E-state index < -0.39 is 29.0 Å². The van der Waals surface area contributed by atoms with Crippen molar-refractivity contribution in [2.45, 2.75) is 65.1 Å². The average Bonchev–Trinajstić information content (AvgIpc) is 2.83. The molecule has 1 atom stereocenters. The Morgan fingerprint density at radius 3 is 2.42 bits per heavy atom. The summed E-state index contributed by atoms with van der Waals surface area (Å²) in [6.45, 7) is 9.03. The van der Waals surface area contributed by atoms with Crippen LogP contribution in [0.25, 0.3) is 0 Å². The lowest BCUT2D eigenvalue weighted by Gasteiger charge is -2.28. The van der Waals surface area contributed by atoms with Crippen molar-refractivity contribution < 1.29 is 23.5 Å². The van der Waals surface area contributed by atoms with E-state index in [2.05, 4.69) is 5.32 Å². The second-order valence-corrected chi connectivity index (χ2v) is 7.21. The molecule has 146 valence electrons. The first kappa shape index (κ1) is 21.5. The molecule has 0 aliphatic carbocycles. The monoisotopic (exact) mass is 368 g/mol. The van der Waals surface area contributed by atoms with Gasteiger partial charge in [0.2, 0.25) is 0 Å². The van der Waals surface area contributed by atoms with Gasteiger partial charge in [0.25, 0.3) is 0 Å². The summed E-state index contributed by atoms with van der Waals surface area (Å²) in [6, 6.07) is 0. The molecule has 0 aliphatic rings. The minimum Gasteiger partial charge on any atom is -0.467 e. The van der Waals surface area contributed by atoms with Crippen molar-refractivity contribution >= 4 is 12.1 Å². The molecular weight excluding hydrogens is 340 g/mol. The number of alkyl carbamates (subject to hydrolysis) is 1. The molecule has 0 aromatic carbocycles. The highest BCUT2D eigenvalue weighted by Crippen LogP contribution is 2.15. The summed E-state index contributed by atoms with van der Waals surface area (Å²) < 4.78 is 16.3. The van der Waals surface area contributed by atoms with Crippen LogP contribution in [0.3, 0.4) is 0 Å². The number of rotatable bonds is 7. The molecule has 0 saturated carbocycles. The van der Waals surface area contributed by atoms with Crippen LogP contribution < -0.4 is 11.1 Å². The average molecular weight is 368 g/mol. The molecule has 1 N–H and O–H groups in total. The Labute approximate surface area is 153 Å². The molecule has 1 heterocycles. The van der Waals surface area contributed by atoms with E-state index in [-0.39, 0.29) is 6.42 Å². The second-order valence-electron chi connectivity index (χ2n) is 7.21. The van der Waals surface area contributed by atoms with E-state index in [0.717, 1.165) is 5.69 Å². The highest BCUT2D eigenvalue weighted by atomic mass is 16.6. The van der Waals surface area contributed by atoms with Crippen LogP contribution in [-0.4, -0.2) is 34.9 Å². The van der Waals surface area contributed by atoms with Crippen molar-refractivity contribution in [1.82, 2.24) is 9.88 Å². The van der Waals surface area contributed by atoms with Crippen molar-refractivity contribution in [3.63, 3.8) is 0 Å². The number of carbonyl (C=O) groups is 2. The van der Waals surface area contributed by atoms with Gasteiger partial charge in [-0.1, -0.05) is 12.2 Å². The largest absolute Gasteiger partial charge is 0.467 e. The van der Waals surface area contributed by atoms with E-state index in [9.17, 15) is 14.4 Å². The summed E-state index contributed by atoms with van der Waals surface area (Å²) in [7, 11) is 1.26. The van der Waals surface area contributed by atoms with Gasteiger partial charge in [0.1, 0.15) is 17.4 Å². The lowest BCUT2D eigenvalue weighted by atomic mass is 9.97. The highest BCUT2D eigenvalue weighted by Gasteiger charge is 2.36. The van der Waals surface area contributed by atoms with Gasteiger partial charge >= 0.3 is 17.8 Å². The molecule has 8 nitrogen and oxygen atoms in total. The number of aryl methyl sites for hydroxylation is 1. The van der Waals surface area contributed by atoms with E-state index >= 15 is 0 Å². The first-order valence-corrected chi connectivity index (χ1v) is 8.38. The van der Waals surface area contributed by atoms with Crippen LogP contribution in [0.2, 0.25) is 0 Å². The Hall–Kier alpha value is -2.51. The van der Waals surface area contributed by atoms with E-state index in [1.807, 2.05) is 6.08 Å². The third-order valence-corrected chi connectivity index (χ3v) is 3.60. The van der Waals surface area contributed by atoms with Crippen LogP contribution in [0.4, 0.5) is 4.79 Å². The molecule has 0 saturated heterocycles. The third-order valence-electron chi connectivity index (χ3n) is 3.60. The lowest BCUT2D eigenvalue weighted by molar-refractivity contribution is -0.147. The minimum absolute atomic E-state index is 0.220. The maximum absolute atomic E-state index is 12.1. The zero-order valence-corrected chi connectivity index (χ0v) is 16.3. The van der Waals surface area contributed by atoms with Gasteiger partial charge in [0, 0.05) is 6.54 Å². The zero-order chi connectivity index (χ0) is 20.0. The summed E-state index contributed by atoms with van der Waals surface area (Å²) in [5.41, 5.74) is -1.18. The van der Waals surface area contributed by atoms with Crippen molar-refractivity contribution in [3.05, 3.63) is 34.7 Å². The normalized spacial score (nSPS) is 14.1. The predicted octanol–water partition coefficient (Wildman–Crippen LogP) is 2.54. The number of ether oxygens (including phenoxy) is 2. The number of hydrogen-bond acceptors (Lipinski definition) is 6. The molecule has 0 radical (unpaired) electrons. The topological polar surface area (TPSA) is 99.8 Å². The Bertz CT molecular complexity index is 710. The molecule has 0 bridgehead atoms. The van der Waals surface area contributed by atoms with Crippen LogP contribution in [0.1, 0.15) is 46.2 Å². The number of nitrogens with zero attached hydrogens (tertiary/aromatic N) is 1. The van der Waals surface area contributed by atoms with Crippen molar-refractivity contribution in [2.75, 3.05) is 7.11 Å². The van der Waals surface area contributed by atoms with Gasteiger partial charge in [0.15, 0.2) is 0 Å². The Morgan fingerprint density at radius 1 is 1.27 bits per heavy atom. The first-order valence-electron chi connectivity index (χ1n) is 8.38. The molecular formula is C18H28N2O6. The predicted molar refractivity (Wildman–Crippen MR) is 95.9 cm³/mol. The molecule has 26 heavy (non-hydrogen) atoms. The van der Waals surface area contributed by atoms with Gasteiger partial charge < -0.3 is 19.2 Å². The highest BCUT2D eigenvalue weighted by molar-refractivity contribution is 5.85. The fraction of sp³-hybridized carbons (Fsp3) is 0.611. The van der Waals surface area contributed by atoms with Crippen LogP contribution >= 0.6 is 0 Å². The van der Waals surface area contributed by atoms with Crippen molar-refractivity contribution in [1.29, 1.82) is 0 Å². The molecule has 1 unspecified atom stereocenters. The molecule has 1 aromatic heterocycles. The van der Waals surface area contributed by atoms with Gasteiger partial charge in [0.05, 0.1) is 12.8 Å². The molecule has 1 aromatic rings. The number of allylic oxidation sites excluding steroid dienone is 1. The molecule has 8 heteroatoms. The van der Waals surface area contributed by atoms with E-state index in [4.69, 9.17) is 13.9 Å². The summed E-state index contributed by atoms with van der Waals surface area (Å²) in [6.07, 6.45) is 5.10. The van der Waals surface area contributed by atoms with Crippen LogP contribution in [0.5, 0.6) is 0 Å². The summed E-state index contributed by atoms with van der Waals surface area (Å²) >= 11 is 0. The number of nitrogens with one attached hydrogen (secondary N) is 1. The number of carbonyl (C=O) groups excluding carboxylic acids is 2. The second kappa shape index (κ2) is 8.73. The van der Waals surface area contributed by atoms with Crippen LogP contribution in [0.15, 0.2) is 27.6 Å². The maximum Gasteiger partial charge on any atom is 0.419 e. The lowest BCUT2D eigenvalue weighted by Crippen LogP contribution is -2.53. The molecule has 0 spiro atoms. The third kappa shape index (κ3) is 6.42. The number of aromatic nitrogens is 1. The van der Waals surface area contributed by atoms with E-state index in [0.29, 0.717) is 13.0 Å². The SMILES string of the molecule is COC(=O)C(C)(CC=CCCn1c(C)coc1=O)NC(=O)OC(C)(C)C. The Kier molecular flexibility index (Phi) is 7.23. The molecule has 1 rings (SSSR count). The van der Waals surface area contributed by atoms with Gasteiger partial charge in [-0.3, -0.25) is 4.57 Å². The van der Waals surface area contributed by atoms with Crippen LogP contribution in [-0.2, 0) is 20.8 Å². The van der Waals surface area contributed by atoms with Gasteiger partial charge in [-0.25, -0.2) is 14.4 Å². The van der Waals surface area contributed by atoms with Crippen LogP contribution in [0, 0.1) is 6.92 Å². The number of hydrogen-bond donors (Lipinski definition) is 1. The van der Waals surface area contributed by atoms with Gasteiger partial charge in [-0.2, -0.15) is 0 Å². The van der Waals surface area contributed by atoms with Gasteiger partial charge in [-0.05, 0) is 47.5 Å². The number of oxazole rings is 1. The van der Waals surface area contributed by atoms with E-state index in [1.54, 1.807) is 40.7 Å². The summed E-state index contributed by atoms with van der Waals surface area (Å²) in [5, 5.41) is 2.57.